The molecule has 0 amide bonds. The van der Waals surface area contributed by atoms with Gasteiger partial charge in [0.25, 0.3) is 0 Å². The van der Waals surface area contributed by atoms with Crippen molar-refractivity contribution < 1.29 is 9.90 Å². The molecule has 1 heterocycles. The average Bonchev–Trinajstić information content (AvgIpc) is 3.09. The van der Waals surface area contributed by atoms with Gasteiger partial charge in [-0.2, -0.15) is 5.26 Å². The van der Waals surface area contributed by atoms with E-state index in [-0.39, 0.29) is 5.92 Å². The summed E-state index contributed by atoms with van der Waals surface area (Å²) in [6.07, 6.45) is 10.1. The van der Waals surface area contributed by atoms with Crippen LogP contribution >= 0.6 is 0 Å². The van der Waals surface area contributed by atoms with Gasteiger partial charge in [-0.1, -0.05) is 0 Å². The Bertz CT molecular complexity index is 434. The normalized spacial score (nSPS) is 40.2. The van der Waals surface area contributed by atoms with E-state index >= 15 is 0 Å². The fraction of sp³-hybridized carbons (Fsp3) is 0.889. The molecule has 1 aliphatic heterocycles. The first-order valence-electron chi connectivity index (χ1n) is 9.03. The van der Waals surface area contributed by atoms with Crippen molar-refractivity contribution in [1.82, 2.24) is 4.90 Å². The van der Waals surface area contributed by atoms with Crippen molar-refractivity contribution in [3.63, 3.8) is 0 Å². The maximum Gasteiger partial charge on any atom is 0.309 e. The molecule has 0 bridgehead atoms. The Morgan fingerprint density at radius 2 is 1.64 bits per heavy atom. The molecule has 0 aromatic rings. The lowest BCUT2D eigenvalue weighted by molar-refractivity contribution is -0.157. The zero-order valence-electron chi connectivity index (χ0n) is 13.5. The summed E-state index contributed by atoms with van der Waals surface area (Å²) in [6, 6.07) is 3.02. The minimum atomic E-state index is -0.603. The van der Waals surface area contributed by atoms with Gasteiger partial charge in [0.2, 0.25) is 0 Å². The summed E-state index contributed by atoms with van der Waals surface area (Å²) in [5.41, 5.74) is -0.538. The van der Waals surface area contributed by atoms with E-state index in [0.29, 0.717) is 24.8 Å². The Morgan fingerprint density at radius 3 is 2.14 bits per heavy atom. The number of nitrogens with zero attached hydrogens (tertiary/aromatic N) is 2. The highest BCUT2D eigenvalue weighted by atomic mass is 16.4. The van der Waals surface area contributed by atoms with Gasteiger partial charge in [0, 0.05) is 12.0 Å². The molecule has 22 heavy (non-hydrogen) atoms. The van der Waals surface area contributed by atoms with Gasteiger partial charge < -0.3 is 10.0 Å². The SMILES string of the molecule is N#CC1CCC(C(=O)O)(C2CCC(N3CCCC3)CC2)CC1. The second-order valence-corrected chi connectivity index (χ2v) is 7.61. The van der Waals surface area contributed by atoms with E-state index in [0.717, 1.165) is 25.7 Å². The number of hydrogen-bond acceptors (Lipinski definition) is 3. The molecule has 0 aromatic carbocycles. The summed E-state index contributed by atoms with van der Waals surface area (Å²) < 4.78 is 0. The van der Waals surface area contributed by atoms with Crippen molar-refractivity contribution in [2.24, 2.45) is 17.3 Å². The highest BCUT2D eigenvalue weighted by molar-refractivity contribution is 5.75. The number of aliphatic carboxylic acids is 1. The van der Waals surface area contributed by atoms with E-state index < -0.39 is 11.4 Å². The lowest BCUT2D eigenvalue weighted by atomic mass is 9.60. The molecular formula is C18H28N2O2. The van der Waals surface area contributed by atoms with Crippen LogP contribution in [0.1, 0.15) is 64.2 Å². The fourth-order valence-corrected chi connectivity index (χ4v) is 5.16. The van der Waals surface area contributed by atoms with Crippen LogP contribution in [-0.2, 0) is 4.79 Å². The van der Waals surface area contributed by atoms with Crippen LogP contribution in [-0.4, -0.2) is 35.1 Å². The van der Waals surface area contributed by atoms with Crippen LogP contribution in [0, 0.1) is 28.6 Å². The van der Waals surface area contributed by atoms with Crippen molar-refractivity contribution in [2.75, 3.05) is 13.1 Å². The minimum Gasteiger partial charge on any atom is -0.481 e. The van der Waals surface area contributed by atoms with E-state index in [1.165, 1.54) is 38.8 Å². The van der Waals surface area contributed by atoms with Crippen LogP contribution in [0.15, 0.2) is 0 Å². The topological polar surface area (TPSA) is 64.3 Å². The molecule has 2 aliphatic carbocycles. The lowest BCUT2D eigenvalue weighted by Gasteiger charge is -2.45. The van der Waals surface area contributed by atoms with E-state index in [1.807, 2.05) is 0 Å². The summed E-state index contributed by atoms with van der Waals surface area (Å²) in [7, 11) is 0. The molecule has 4 heteroatoms. The van der Waals surface area contributed by atoms with E-state index in [1.54, 1.807) is 0 Å². The predicted molar refractivity (Wildman–Crippen MR) is 84.2 cm³/mol. The van der Waals surface area contributed by atoms with Crippen molar-refractivity contribution in [1.29, 1.82) is 5.26 Å². The molecule has 0 unspecified atom stereocenters. The first kappa shape index (κ1) is 15.8. The Balaban J connectivity index is 1.62. The number of likely N-dealkylation sites (tertiary alicyclic amines) is 1. The molecule has 2 saturated carbocycles. The number of rotatable bonds is 3. The van der Waals surface area contributed by atoms with Gasteiger partial charge in [-0.05, 0) is 83.2 Å². The molecule has 0 radical (unpaired) electrons. The summed E-state index contributed by atoms with van der Waals surface area (Å²) in [6.45, 7) is 2.48. The molecule has 122 valence electrons. The van der Waals surface area contributed by atoms with Crippen molar-refractivity contribution in [3.05, 3.63) is 0 Å². The maximum atomic E-state index is 12.0. The van der Waals surface area contributed by atoms with Crippen molar-refractivity contribution in [3.8, 4) is 6.07 Å². The molecular weight excluding hydrogens is 276 g/mol. The third-order valence-electron chi connectivity index (χ3n) is 6.62. The second-order valence-electron chi connectivity index (χ2n) is 7.61. The summed E-state index contributed by atoms with van der Waals surface area (Å²) in [5.74, 6) is -0.203. The van der Waals surface area contributed by atoms with Gasteiger partial charge in [-0.25, -0.2) is 0 Å². The highest BCUT2D eigenvalue weighted by Crippen LogP contribution is 2.50. The first-order chi connectivity index (χ1) is 10.7. The van der Waals surface area contributed by atoms with Crippen LogP contribution in [0.4, 0.5) is 0 Å². The van der Waals surface area contributed by atoms with Gasteiger partial charge in [-0.3, -0.25) is 4.79 Å². The van der Waals surface area contributed by atoms with E-state index in [2.05, 4.69) is 11.0 Å². The van der Waals surface area contributed by atoms with Crippen LogP contribution in [0.3, 0.4) is 0 Å². The summed E-state index contributed by atoms with van der Waals surface area (Å²) in [4.78, 5) is 14.6. The monoisotopic (exact) mass is 304 g/mol. The number of carbonyl (C=O) groups is 1. The maximum absolute atomic E-state index is 12.0. The third kappa shape index (κ3) is 2.88. The number of carboxylic acids is 1. The predicted octanol–water partition coefficient (Wildman–Crippen LogP) is 3.43. The third-order valence-corrected chi connectivity index (χ3v) is 6.62. The quantitative estimate of drug-likeness (QED) is 0.867. The lowest BCUT2D eigenvalue weighted by Crippen LogP contribution is -2.45. The average molecular weight is 304 g/mol. The molecule has 0 spiro atoms. The number of hydrogen-bond donors (Lipinski definition) is 1. The Hall–Kier alpha value is -1.08. The number of nitriles is 1. The van der Waals surface area contributed by atoms with Crippen LogP contribution in [0.2, 0.25) is 0 Å². The smallest absolute Gasteiger partial charge is 0.309 e. The Labute approximate surface area is 133 Å². The molecule has 3 rings (SSSR count). The number of carboxylic acid groups (broad SMARTS) is 1. The van der Waals surface area contributed by atoms with Gasteiger partial charge in [0.1, 0.15) is 0 Å². The fourth-order valence-electron chi connectivity index (χ4n) is 5.16. The van der Waals surface area contributed by atoms with Gasteiger partial charge >= 0.3 is 5.97 Å². The Kier molecular flexibility index (Phi) is 4.73. The first-order valence-corrected chi connectivity index (χ1v) is 9.03. The van der Waals surface area contributed by atoms with Gasteiger partial charge in [-0.15, -0.1) is 0 Å². The minimum absolute atomic E-state index is 0.0772. The zero-order valence-corrected chi connectivity index (χ0v) is 13.5. The van der Waals surface area contributed by atoms with Crippen LogP contribution in [0.25, 0.3) is 0 Å². The Morgan fingerprint density at radius 1 is 1.05 bits per heavy atom. The largest absolute Gasteiger partial charge is 0.481 e. The van der Waals surface area contributed by atoms with Crippen molar-refractivity contribution in [2.45, 2.75) is 70.3 Å². The molecule has 1 saturated heterocycles. The van der Waals surface area contributed by atoms with Gasteiger partial charge in [0.15, 0.2) is 0 Å². The van der Waals surface area contributed by atoms with Crippen LogP contribution in [0.5, 0.6) is 0 Å². The molecule has 3 fully saturated rings. The molecule has 3 aliphatic rings. The second kappa shape index (κ2) is 6.58. The van der Waals surface area contributed by atoms with Gasteiger partial charge in [0.05, 0.1) is 11.5 Å². The highest BCUT2D eigenvalue weighted by Gasteiger charge is 2.49. The van der Waals surface area contributed by atoms with E-state index in [9.17, 15) is 9.90 Å². The zero-order chi connectivity index (χ0) is 15.6. The molecule has 1 N–H and O–H groups in total. The van der Waals surface area contributed by atoms with Crippen molar-refractivity contribution >= 4 is 5.97 Å². The van der Waals surface area contributed by atoms with Crippen LogP contribution < -0.4 is 0 Å². The summed E-state index contributed by atoms with van der Waals surface area (Å²) >= 11 is 0. The molecule has 0 aromatic heterocycles. The molecule has 0 atom stereocenters. The standard InChI is InChI=1S/C18H28N2O2/c19-13-14-7-9-18(10-8-14,17(21)22)15-3-5-16(6-4-15)20-11-1-2-12-20/h14-16H,1-12H2,(H,21,22). The molecule has 4 nitrogen and oxygen atoms in total. The summed E-state index contributed by atoms with van der Waals surface area (Å²) in [5, 5.41) is 18.9. The van der Waals surface area contributed by atoms with E-state index in [4.69, 9.17) is 5.26 Å².